The highest BCUT2D eigenvalue weighted by Gasteiger charge is 2.15. The molecule has 0 spiro atoms. The van der Waals surface area contributed by atoms with Crippen LogP contribution in [0.3, 0.4) is 0 Å². The third-order valence-electron chi connectivity index (χ3n) is 5.04. The fourth-order valence-corrected chi connectivity index (χ4v) is 3.43. The van der Waals surface area contributed by atoms with E-state index in [4.69, 9.17) is 0 Å². The Morgan fingerprint density at radius 3 is 2.77 bits per heavy atom. The number of aryl methyl sites for hydroxylation is 2. The number of halogens is 1. The minimum Gasteiger partial charge on any atom is -0.347 e. The maximum Gasteiger partial charge on any atom is 0.262 e. The molecule has 0 atom stereocenters. The standard InChI is InChI=1S/C23H19FN6O/c1-14-20(18-11-29-30(2)13-18)12-27-22-21(14)17(10-26-22)7-16(8-25)23(31)28-9-15-3-5-19(24)6-4-15/h3-7,10-13H,9H2,1-2H3,(H,26,27)(H,28,31)/b16-7+. The van der Waals surface area contributed by atoms with E-state index in [0.717, 1.165) is 27.6 Å². The van der Waals surface area contributed by atoms with Crippen LogP contribution in [0.2, 0.25) is 0 Å². The first-order valence-electron chi connectivity index (χ1n) is 9.56. The van der Waals surface area contributed by atoms with Crippen LogP contribution >= 0.6 is 0 Å². The third-order valence-corrected chi connectivity index (χ3v) is 5.04. The number of carbonyl (C=O) groups is 1. The maximum absolute atomic E-state index is 13.0. The number of hydrogen-bond donors (Lipinski definition) is 2. The van der Waals surface area contributed by atoms with Crippen molar-refractivity contribution in [2.75, 3.05) is 0 Å². The molecule has 0 aliphatic carbocycles. The summed E-state index contributed by atoms with van der Waals surface area (Å²) in [6, 6.07) is 7.77. The molecular formula is C23H19FN6O. The number of nitriles is 1. The molecule has 1 aromatic carbocycles. The highest BCUT2D eigenvalue weighted by molar-refractivity contribution is 6.04. The summed E-state index contributed by atoms with van der Waals surface area (Å²) in [5.41, 5.74) is 4.89. The van der Waals surface area contributed by atoms with Crippen LogP contribution in [-0.2, 0) is 18.4 Å². The van der Waals surface area contributed by atoms with E-state index >= 15 is 0 Å². The minimum absolute atomic E-state index is 0.0332. The molecule has 4 aromatic rings. The molecule has 0 saturated heterocycles. The van der Waals surface area contributed by atoms with Crippen molar-refractivity contribution in [3.05, 3.63) is 77.1 Å². The SMILES string of the molecule is Cc1c(-c2cnn(C)c2)cnc2[nH]cc(/C=C(\C#N)C(=O)NCc3ccc(F)cc3)c12. The Morgan fingerprint density at radius 1 is 1.32 bits per heavy atom. The number of fused-ring (bicyclic) bond motifs is 1. The summed E-state index contributed by atoms with van der Waals surface area (Å²) in [6.45, 7) is 2.16. The highest BCUT2D eigenvalue weighted by Crippen LogP contribution is 2.30. The van der Waals surface area contributed by atoms with Crippen LogP contribution in [0.4, 0.5) is 4.39 Å². The molecule has 7 nitrogen and oxygen atoms in total. The monoisotopic (exact) mass is 414 g/mol. The van der Waals surface area contributed by atoms with Crippen LogP contribution in [0.5, 0.6) is 0 Å². The van der Waals surface area contributed by atoms with E-state index in [1.807, 2.05) is 26.2 Å². The van der Waals surface area contributed by atoms with E-state index in [0.29, 0.717) is 11.2 Å². The fraction of sp³-hybridized carbons (Fsp3) is 0.130. The van der Waals surface area contributed by atoms with Crippen LogP contribution in [0, 0.1) is 24.1 Å². The molecule has 1 amide bonds. The predicted molar refractivity (Wildman–Crippen MR) is 115 cm³/mol. The molecule has 0 aliphatic heterocycles. The number of pyridine rings is 1. The quantitative estimate of drug-likeness (QED) is 0.385. The number of nitrogens with zero attached hydrogens (tertiary/aromatic N) is 4. The van der Waals surface area contributed by atoms with Crippen molar-refractivity contribution in [2.45, 2.75) is 13.5 Å². The van der Waals surface area contributed by atoms with Crippen molar-refractivity contribution in [1.29, 1.82) is 5.26 Å². The van der Waals surface area contributed by atoms with E-state index in [2.05, 4.69) is 20.4 Å². The van der Waals surface area contributed by atoms with Gasteiger partial charge in [0.2, 0.25) is 0 Å². The van der Waals surface area contributed by atoms with Gasteiger partial charge in [-0.25, -0.2) is 9.37 Å². The summed E-state index contributed by atoms with van der Waals surface area (Å²) in [5, 5.41) is 17.3. The van der Waals surface area contributed by atoms with Gasteiger partial charge in [0.05, 0.1) is 6.20 Å². The van der Waals surface area contributed by atoms with Gasteiger partial charge in [-0.15, -0.1) is 0 Å². The van der Waals surface area contributed by atoms with Crippen molar-refractivity contribution in [3.8, 4) is 17.2 Å². The first kappa shape index (κ1) is 20.0. The molecule has 0 aliphatic rings. The van der Waals surface area contributed by atoms with Gasteiger partial charge in [0, 0.05) is 54.3 Å². The number of aromatic amines is 1. The van der Waals surface area contributed by atoms with Crippen molar-refractivity contribution in [2.24, 2.45) is 7.05 Å². The number of H-pyrrole nitrogens is 1. The first-order valence-corrected chi connectivity index (χ1v) is 9.56. The van der Waals surface area contributed by atoms with Gasteiger partial charge in [0.25, 0.3) is 5.91 Å². The van der Waals surface area contributed by atoms with Gasteiger partial charge < -0.3 is 10.3 Å². The summed E-state index contributed by atoms with van der Waals surface area (Å²) in [5.74, 6) is -0.850. The molecule has 31 heavy (non-hydrogen) atoms. The zero-order valence-corrected chi connectivity index (χ0v) is 17.0. The zero-order valence-electron chi connectivity index (χ0n) is 17.0. The maximum atomic E-state index is 13.0. The molecule has 0 radical (unpaired) electrons. The van der Waals surface area contributed by atoms with E-state index in [-0.39, 0.29) is 17.9 Å². The summed E-state index contributed by atoms with van der Waals surface area (Å²) >= 11 is 0. The normalized spacial score (nSPS) is 11.5. The van der Waals surface area contributed by atoms with Crippen molar-refractivity contribution in [3.63, 3.8) is 0 Å². The number of nitrogens with one attached hydrogen (secondary N) is 2. The Hall–Kier alpha value is -4.25. The molecule has 154 valence electrons. The number of rotatable bonds is 5. The lowest BCUT2D eigenvalue weighted by atomic mass is 10.0. The smallest absolute Gasteiger partial charge is 0.262 e. The molecule has 0 fully saturated rings. The van der Waals surface area contributed by atoms with Crippen molar-refractivity contribution < 1.29 is 9.18 Å². The molecule has 0 bridgehead atoms. The number of amides is 1. The highest BCUT2D eigenvalue weighted by atomic mass is 19.1. The third kappa shape index (κ3) is 4.07. The van der Waals surface area contributed by atoms with E-state index < -0.39 is 5.91 Å². The van der Waals surface area contributed by atoms with E-state index in [9.17, 15) is 14.4 Å². The van der Waals surface area contributed by atoms with E-state index in [1.54, 1.807) is 41.5 Å². The minimum atomic E-state index is -0.504. The lowest BCUT2D eigenvalue weighted by Gasteiger charge is -2.06. The van der Waals surface area contributed by atoms with Crippen molar-refractivity contribution >= 4 is 23.0 Å². The van der Waals surface area contributed by atoms with Gasteiger partial charge in [0.1, 0.15) is 23.1 Å². The van der Waals surface area contributed by atoms with Crippen LogP contribution in [0.15, 0.2) is 54.6 Å². The van der Waals surface area contributed by atoms with Crippen LogP contribution in [0.1, 0.15) is 16.7 Å². The Labute approximate surface area is 177 Å². The van der Waals surface area contributed by atoms with Gasteiger partial charge in [-0.05, 0) is 36.3 Å². The van der Waals surface area contributed by atoms with Crippen LogP contribution < -0.4 is 5.32 Å². The Morgan fingerprint density at radius 2 is 2.10 bits per heavy atom. The summed E-state index contributed by atoms with van der Waals surface area (Å²) in [4.78, 5) is 20.1. The molecule has 0 unspecified atom stereocenters. The van der Waals surface area contributed by atoms with Gasteiger partial charge >= 0.3 is 0 Å². The molecule has 4 rings (SSSR count). The molecule has 8 heteroatoms. The van der Waals surface area contributed by atoms with E-state index in [1.165, 1.54) is 12.1 Å². The average molecular weight is 414 g/mol. The molecule has 3 heterocycles. The molecule has 2 N–H and O–H groups in total. The zero-order chi connectivity index (χ0) is 22.0. The predicted octanol–water partition coefficient (Wildman–Crippen LogP) is 3.63. The van der Waals surface area contributed by atoms with Gasteiger partial charge in [-0.1, -0.05) is 12.1 Å². The largest absolute Gasteiger partial charge is 0.347 e. The lowest BCUT2D eigenvalue weighted by molar-refractivity contribution is -0.117. The van der Waals surface area contributed by atoms with Crippen LogP contribution in [-0.4, -0.2) is 25.7 Å². The van der Waals surface area contributed by atoms with Gasteiger partial charge in [-0.3, -0.25) is 9.48 Å². The number of benzene rings is 1. The Kier molecular flexibility index (Phi) is 5.33. The summed E-state index contributed by atoms with van der Waals surface area (Å²) < 4.78 is 14.7. The second-order valence-corrected chi connectivity index (χ2v) is 7.15. The second-order valence-electron chi connectivity index (χ2n) is 7.15. The fourth-order valence-electron chi connectivity index (χ4n) is 3.43. The first-order chi connectivity index (χ1) is 15.0. The summed E-state index contributed by atoms with van der Waals surface area (Å²) in [6.07, 6.45) is 8.71. The number of aromatic nitrogens is 4. The van der Waals surface area contributed by atoms with Crippen LogP contribution in [0.25, 0.3) is 28.2 Å². The van der Waals surface area contributed by atoms with Gasteiger partial charge in [-0.2, -0.15) is 10.4 Å². The average Bonchev–Trinajstić information content (AvgIpc) is 3.38. The topological polar surface area (TPSA) is 99.4 Å². The Bertz CT molecular complexity index is 1340. The number of hydrogen-bond acceptors (Lipinski definition) is 4. The van der Waals surface area contributed by atoms with Crippen molar-refractivity contribution in [1.82, 2.24) is 25.1 Å². The van der Waals surface area contributed by atoms with Gasteiger partial charge in [0.15, 0.2) is 0 Å². The number of carbonyl (C=O) groups excluding carboxylic acids is 1. The second kappa shape index (κ2) is 8.24. The molecule has 3 aromatic heterocycles. The lowest BCUT2D eigenvalue weighted by Crippen LogP contribution is -2.23. The molecule has 0 saturated carbocycles. The summed E-state index contributed by atoms with van der Waals surface area (Å²) in [7, 11) is 1.85. The Balaban J connectivity index is 1.64. The molecular weight excluding hydrogens is 395 g/mol.